The fourth-order valence-corrected chi connectivity index (χ4v) is 3.26. The summed E-state index contributed by atoms with van der Waals surface area (Å²) in [5, 5.41) is 0. The minimum atomic E-state index is 0.394. The van der Waals surface area contributed by atoms with Gasteiger partial charge in [0.15, 0.2) is 0 Å². The first kappa shape index (κ1) is 7.33. The van der Waals surface area contributed by atoms with Crippen molar-refractivity contribution in [3.8, 4) is 0 Å². The van der Waals surface area contributed by atoms with Crippen molar-refractivity contribution in [2.45, 2.75) is 33.6 Å². The molecular formula is C10H16O. The summed E-state index contributed by atoms with van der Waals surface area (Å²) in [5.74, 6) is 1.12. The zero-order chi connectivity index (χ0) is 8.28. The van der Waals surface area contributed by atoms with E-state index in [0.717, 1.165) is 5.92 Å². The minimum Gasteiger partial charge on any atom is -0.303 e. The Kier molecular flexibility index (Phi) is 1.13. The molecule has 0 unspecified atom stereocenters. The maximum absolute atomic E-state index is 10.6. The van der Waals surface area contributed by atoms with Crippen molar-refractivity contribution in [1.29, 1.82) is 0 Å². The van der Waals surface area contributed by atoms with Gasteiger partial charge in [0.1, 0.15) is 6.29 Å². The highest BCUT2D eigenvalue weighted by molar-refractivity contribution is 5.62. The topological polar surface area (TPSA) is 17.1 Å². The first-order valence-corrected chi connectivity index (χ1v) is 4.45. The van der Waals surface area contributed by atoms with Gasteiger partial charge in [-0.2, -0.15) is 0 Å². The van der Waals surface area contributed by atoms with E-state index in [-0.39, 0.29) is 0 Å². The van der Waals surface area contributed by atoms with E-state index >= 15 is 0 Å². The van der Waals surface area contributed by atoms with Crippen LogP contribution in [0.25, 0.3) is 0 Å². The van der Waals surface area contributed by atoms with Crippen LogP contribution in [0.15, 0.2) is 0 Å². The zero-order valence-corrected chi connectivity index (χ0v) is 7.55. The molecule has 0 radical (unpaired) electrons. The molecule has 0 bridgehead atoms. The van der Waals surface area contributed by atoms with Crippen LogP contribution in [0.3, 0.4) is 0 Å². The fraction of sp³-hybridized carbons (Fsp3) is 0.900. The molecule has 0 aliphatic heterocycles. The monoisotopic (exact) mass is 152 g/mol. The number of hydrogen-bond donors (Lipinski definition) is 0. The lowest BCUT2D eigenvalue weighted by Crippen LogP contribution is -2.13. The number of carbonyl (C=O) groups is 1. The molecule has 0 N–H and O–H groups in total. The summed E-state index contributed by atoms with van der Waals surface area (Å²) in [4.78, 5) is 10.6. The molecule has 11 heavy (non-hydrogen) atoms. The van der Waals surface area contributed by atoms with Crippen molar-refractivity contribution in [2.24, 2.45) is 22.7 Å². The highest BCUT2D eigenvalue weighted by Gasteiger charge is 2.67. The molecule has 1 heteroatoms. The second-order valence-electron chi connectivity index (χ2n) is 5.32. The summed E-state index contributed by atoms with van der Waals surface area (Å²) in [6.45, 7) is 6.89. The number of hydrogen-bond acceptors (Lipinski definition) is 1. The average Bonchev–Trinajstić information content (AvgIpc) is 2.22. The van der Waals surface area contributed by atoms with Gasteiger partial charge in [0, 0.05) is 5.92 Å². The van der Waals surface area contributed by atoms with Gasteiger partial charge >= 0.3 is 0 Å². The van der Waals surface area contributed by atoms with Crippen LogP contribution in [0.2, 0.25) is 0 Å². The highest BCUT2D eigenvalue weighted by atomic mass is 16.1. The van der Waals surface area contributed by atoms with Crippen molar-refractivity contribution in [3.63, 3.8) is 0 Å². The van der Waals surface area contributed by atoms with Gasteiger partial charge in [0.25, 0.3) is 0 Å². The molecule has 1 nitrogen and oxygen atoms in total. The maximum atomic E-state index is 10.6. The van der Waals surface area contributed by atoms with Crippen LogP contribution in [0.1, 0.15) is 33.6 Å². The Balaban J connectivity index is 2.15. The first-order valence-electron chi connectivity index (χ1n) is 4.45. The molecule has 0 aromatic rings. The molecule has 2 aliphatic carbocycles. The number of rotatable bonds is 1. The molecule has 0 aromatic carbocycles. The van der Waals surface area contributed by atoms with Crippen LogP contribution in [0.5, 0.6) is 0 Å². The molecule has 2 fully saturated rings. The van der Waals surface area contributed by atoms with Gasteiger partial charge in [-0.3, -0.25) is 0 Å². The fourth-order valence-electron chi connectivity index (χ4n) is 3.26. The Morgan fingerprint density at radius 2 is 2.00 bits per heavy atom. The third-order valence-corrected chi connectivity index (χ3v) is 3.71. The smallest absolute Gasteiger partial charge is 0.123 e. The van der Waals surface area contributed by atoms with Crippen molar-refractivity contribution in [1.82, 2.24) is 0 Å². The lowest BCUT2D eigenvalue weighted by Gasteiger charge is -2.22. The molecule has 2 saturated carbocycles. The summed E-state index contributed by atoms with van der Waals surface area (Å²) in [6, 6.07) is 0. The largest absolute Gasteiger partial charge is 0.303 e. The molecule has 2 rings (SSSR count). The van der Waals surface area contributed by atoms with Crippen molar-refractivity contribution < 1.29 is 4.79 Å². The molecule has 0 aromatic heterocycles. The lowest BCUT2D eigenvalue weighted by atomic mass is 9.83. The van der Waals surface area contributed by atoms with Crippen LogP contribution >= 0.6 is 0 Å². The normalized spacial score (nSPS) is 51.9. The maximum Gasteiger partial charge on any atom is 0.123 e. The summed E-state index contributed by atoms with van der Waals surface area (Å²) < 4.78 is 0. The van der Waals surface area contributed by atoms with E-state index in [1.165, 1.54) is 19.1 Å². The van der Waals surface area contributed by atoms with E-state index in [9.17, 15) is 4.79 Å². The van der Waals surface area contributed by atoms with Crippen molar-refractivity contribution in [3.05, 3.63) is 0 Å². The van der Waals surface area contributed by atoms with Crippen LogP contribution in [0, 0.1) is 22.7 Å². The number of aldehydes is 1. The Hall–Kier alpha value is -0.330. The predicted molar refractivity (Wildman–Crippen MR) is 44.2 cm³/mol. The van der Waals surface area contributed by atoms with E-state index in [1.807, 2.05) is 0 Å². The number of fused-ring (bicyclic) bond motifs is 1. The summed E-state index contributed by atoms with van der Waals surface area (Å²) in [7, 11) is 0. The van der Waals surface area contributed by atoms with Gasteiger partial charge < -0.3 is 4.79 Å². The highest BCUT2D eigenvalue weighted by Crippen LogP contribution is 2.71. The summed E-state index contributed by atoms with van der Waals surface area (Å²) >= 11 is 0. The molecule has 0 saturated heterocycles. The summed E-state index contributed by atoms with van der Waals surface area (Å²) in [5.41, 5.74) is 0.893. The van der Waals surface area contributed by atoms with E-state index in [0.29, 0.717) is 16.7 Å². The lowest BCUT2D eigenvalue weighted by molar-refractivity contribution is -0.110. The van der Waals surface area contributed by atoms with Crippen LogP contribution in [0.4, 0.5) is 0 Å². The predicted octanol–water partition coefficient (Wildman–Crippen LogP) is 2.26. The standard InChI is InChI=1S/C10H16O/c1-9(2)4-7-8(5-11)10(7,3)6-9/h5,7-8H,4,6H2,1-3H3/t7-,8+,10-/m1/s1. The Morgan fingerprint density at radius 3 is 2.36 bits per heavy atom. The minimum absolute atomic E-state index is 0.394. The average molecular weight is 152 g/mol. The molecule has 0 amide bonds. The van der Waals surface area contributed by atoms with E-state index in [1.54, 1.807) is 0 Å². The SMILES string of the molecule is CC1(C)C[C@@H]2[C@H](C=O)[C@]2(C)C1. The number of carbonyl (C=O) groups excluding carboxylic acids is 1. The van der Waals surface area contributed by atoms with Crippen molar-refractivity contribution >= 4 is 6.29 Å². The molecule has 62 valence electrons. The molecular weight excluding hydrogens is 136 g/mol. The van der Waals surface area contributed by atoms with E-state index in [4.69, 9.17) is 0 Å². The molecule has 2 aliphatic rings. The summed E-state index contributed by atoms with van der Waals surface area (Å²) in [6.07, 6.45) is 3.67. The van der Waals surface area contributed by atoms with Crippen LogP contribution in [-0.4, -0.2) is 6.29 Å². The second-order valence-corrected chi connectivity index (χ2v) is 5.32. The third kappa shape index (κ3) is 0.800. The Bertz CT molecular complexity index is 207. The van der Waals surface area contributed by atoms with Crippen molar-refractivity contribution in [2.75, 3.05) is 0 Å². The van der Waals surface area contributed by atoms with Gasteiger partial charge in [0.2, 0.25) is 0 Å². The first-order chi connectivity index (χ1) is 4.99. The molecule has 3 atom stereocenters. The quantitative estimate of drug-likeness (QED) is 0.527. The van der Waals surface area contributed by atoms with Crippen LogP contribution < -0.4 is 0 Å². The van der Waals surface area contributed by atoms with Gasteiger partial charge in [-0.05, 0) is 29.6 Å². The van der Waals surface area contributed by atoms with Gasteiger partial charge in [-0.15, -0.1) is 0 Å². The molecule has 0 heterocycles. The van der Waals surface area contributed by atoms with Gasteiger partial charge in [0.05, 0.1) is 0 Å². The van der Waals surface area contributed by atoms with E-state index < -0.39 is 0 Å². The third-order valence-electron chi connectivity index (χ3n) is 3.71. The Morgan fingerprint density at radius 1 is 1.36 bits per heavy atom. The van der Waals surface area contributed by atoms with Crippen LogP contribution in [-0.2, 0) is 4.79 Å². The molecule has 0 spiro atoms. The van der Waals surface area contributed by atoms with Gasteiger partial charge in [-0.25, -0.2) is 0 Å². The zero-order valence-electron chi connectivity index (χ0n) is 7.55. The van der Waals surface area contributed by atoms with Gasteiger partial charge in [-0.1, -0.05) is 20.8 Å². The second kappa shape index (κ2) is 1.70. The Labute approximate surface area is 68.2 Å². The van der Waals surface area contributed by atoms with E-state index in [2.05, 4.69) is 20.8 Å².